The summed E-state index contributed by atoms with van der Waals surface area (Å²) in [6, 6.07) is 0. The normalized spacial score (nSPS) is 46.6. The van der Waals surface area contributed by atoms with Gasteiger partial charge in [-0.3, -0.25) is 19.2 Å². The van der Waals surface area contributed by atoms with E-state index in [2.05, 4.69) is 0 Å². The number of ether oxygens (including phenoxy) is 3. The van der Waals surface area contributed by atoms with Crippen LogP contribution in [0, 0.1) is 28.6 Å². The molecule has 0 heterocycles. The number of hydrogen-bond acceptors (Lipinski definition) is 10. The Labute approximate surface area is 215 Å². The van der Waals surface area contributed by atoms with Crippen LogP contribution in [0.3, 0.4) is 0 Å². The molecule has 0 aromatic rings. The lowest BCUT2D eigenvalue weighted by molar-refractivity contribution is -0.319. The fourth-order valence-corrected chi connectivity index (χ4v) is 8.69. The van der Waals surface area contributed by atoms with Crippen LogP contribution in [0.4, 0.5) is 0 Å². The van der Waals surface area contributed by atoms with E-state index < -0.39 is 88.6 Å². The summed E-state index contributed by atoms with van der Waals surface area (Å²) < 4.78 is 16.6. The molecule has 4 saturated carbocycles. The number of carboxylic acid groups (broad SMARTS) is 1. The minimum absolute atomic E-state index is 0.000784. The van der Waals surface area contributed by atoms with Gasteiger partial charge in [0.2, 0.25) is 0 Å². The average molecular weight is 527 g/mol. The van der Waals surface area contributed by atoms with E-state index in [9.17, 15) is 39.6 Å². The Morgan fingerprint density at radius 1 is 0.919 bits per heavy atom. The maximum Gasteiger partial charge on any atom is 0.307 e. The van der Waals surface area contributed by atoms with Crippen LogP contribution in [0.2, 0.25) is 0 Å². The zero-order valence-electron chi connectivity index (χ0n) is 21.8. The van der Waals surface area contributed by atoms with Crippen molar-refractivity contribution in [3.8, 4) is 0 Å². The molecule has 208 valence electrons. The van der Waals surface area contributed by atoms with E-state index in [1.807, 2.05) is 0 Å². The molecule has 37 heavy (non-hydrogen) atoms. The Morgan fingerprint density at radius 2 is 1.57 bits per heavy atom. The largest absolute Gasteiger partial charge is 0.481 e. The molecule has 4 rings (SSSR count). The van der Waals surface area contributed by atoms with E-state index in [-0.39, 0.29) is 44.9 Å². The predicted molar refractivity (Wildman–Crippen MR) is 125 cm³/mol. The summed E-state index contributed by atoms with van der Waals surface area (Å²) >= 11 is 0. The first-order chi connectivity index (χ1) is 17.1. The van der Waals surface area contributed by atoms with Gasteiger partial charge in [0, 0.05) is 44.9 Å². The maximum absolute atomic E-state index is 12.3. The Hall–Kier alpha value is -2.24. The van der Waals surface area contributed by atoms with Crippen LogP contribution in [-0.4, -0.2) is 80.4 Å². The minimum atomic E-state index is -1.69. The Bertz CT molecular complexity index is 982. The first-order valence-corrected chi connectivity index (χ1v) is 12.9. The molecule has 10 atom stereocenters. The van der Waals surface area contributed by atoms with E-state index in [1.54, 1.807) is 6.92 Å². The highest BCUT2D eigenvalue weighted by molar-refractivity contribution is 5.72. The highest BCUT2D eigenvalue weighted by atomic mass is 16.6. The molecular weight excluding hydrogens is 488 g/mol. The van der Waals surface area contributed by atoms with Gasteiger partial charge in [-0.2, -0.15) is 0 Å². The van der Waals surface area contributed by atoms with Crippen molar-refractivity contribution in [2.24, 2.45) is 28.6 Å². The molecule has 0 aliphatic heterocycles. The molecule has 4 fully saturated rings. The molecule has 0 spiro atoms. The van der Waals surface area contributed by atoms with E-state index in [0.29, 0.717) is 0 Å². The second-order valence-electron chi connectivity index (χ2n) is 11.8. The number of fused-ring (bicyclic) bond motifs is 5. The number of carbonyl (C=O) groups is 4. The number of carboxylic acids is 1. The molecule has 0 amide bonds. The third kappa shape index (κ3) is 4.04. The molecule has 11 heteroatoms. The van der Waals surface area contributed by atoms with Gasteiger partial charge in [0.1, 0.15) is 18.8 Å². The summed E-state index contributed by atoms with van der Waals surface area (Å²) in [5.74, 6) is -5.24. The summed E-state index contributed by atoms with van der Waals surface area (Å²) in [5.41, 5.74) is -5.85. The lowest BCUT2D eigenvalue weighted by atomic mass is 9.40. The summed E-state index contributed by atoms with van der Waals surface area (Å²) in [7, 11) is 0. The van der Waals surface area contributed by atoms with E-state index in [0.717, 1.165) is 0 Å². The first kappa shape index (κ1) is 27.8. The van der Waals surface area contributed by atoms with E-state index in [4.69, 9.17) is 14.2 Å². The van der Waals surface area contributed by atoms with Crippen LogP contribution in [0.1, 0.15) is 72.6 Å². The third-order valence-corrected chi connectivity index (χ3v) is 10.1. The first-order valence-electron chi connectivity index (χ1n) is 12.9. The van der Waals surface area contributed by atoms with Crippen LogP contribution in [0.15, 0.2) is 0 Å². The maximum atomic E-state index is 12.3. The lowest BCUT2D eigenvalue weighted by Crippen LogP contribution is -2.76. The van der Waals surface area contributed by atoms with Crippen molar-refractivity contribution >= 4 is 23.9 Å². The molecule has 4 aliphatic rings. The van der Waals surface area contributed by atoms with Gasteiger partial charge in [-0.1, -0.05) is 6.92 Å². The number of esters is 3. The predicted octanol–water partition coefficient (Wildman–Crippen LogP) is 0.947. The number of aliphatic hydroxyl groups excluding tert-OH is 1. The lowest BCUT2D eigenvalue weighted by Gasteiger charge is -2.68. The van der Waals surface area contributed by atoms with Gasteiger partial charge in [-0.25, -0.2) is 0 Å². The SMILES string of the molecule is CC(=O)OC[C@@]12[C@@H]3[C@@H](CC[C@@]1(O)C[C@@H](OC(C)=O)C[C@H]2O)[C@@]1(O)CC[C@@H](C(=O)O)[C@@]1(C)C[C@H]3OC(C)=O. The standard InChI is InChI=1S/C26H38O11/c1-13(27)35-12-25-20(30)9-16(36-14(2)28)10-24(25,33)7-5-17-21(25)19(37-15(3)29)11-23(4)18(22(31)32)6-8-26(17,23)34/h16-21,30,33-34H,5-12H2,1-4H3,(H,31,32)/t16-,17+,18-,19+,20+,21+,23+,24+,25+,26-/m0/s1. The van der Waals surface area contributed by atoms with Gasteiger partial charge >= 0.3 is 23.9 Å². The Morgan fingerprint density at radius 3 is 2.14 bits per heavy atom. The number of aliphatic carboxylic acids is 1. The summed E-state index contributed by atoms with van der Waals surface area (Å²) in [5, 5.41) is 46.0. The number of carbonyl (C=O) groups excluding carboxylic acids is 3. The molecule has 0 aromatic carbocycles. The van der Waals surface area contributed by atoms with Gasteiger partial charge < -0.3 is 34.6 Å². The molecule has 0 unspecified atom stereocenters. The average Bonchev–Trinajstić information content (AvgIpc) is 3.02. The molecule has 0 saturated heterocycles. The molecule has 4 N–H and O–H groups in total. The van der Waals surface area contributed by atoms with Crippen molar-refractivity contribution in [3.05, 3.63) is 0 Å². The van der Waals surface area contributed by atoms with Gasteiger partial charge in [-0.05, 0) is 38.0 Å². The zero-order valence-corrected chi connectivity index (χ0v) is 21.8. The fourth-order valence-electron chi connectivity index (χ4n) is 8.69. The molecule has 0 bridgehead atoms. The number of hydrogen-bond donors (Lipinski definition) is 4. The smallest absolute Gasteiger partial charge is 0.307 e. The second kappa shape index (κ2) is 9.20. The summed E-state index contributed by atoms with van der Waals surface area (Å²) in [6.45, 7) is 4.97. The van der Waals surface area contributed by atoms with Crippen LogP contribution < -0.4 is 0 Å². The van der Waals surface area contributed by atoms with Crippen molar-refractivity contribution in [1.82, 2.24) is 0 Å². The van der Waals surface area contributed by atoms with Crippen LogP contribution in [-0.2, 0) is 33.4 Å². The van der Waals surface area contributed by atoms with Crippen molar-refractivity contribution in [1.29, 1.82) is 0 Å². The van der Waals surface area contributed by atoms with Gasteiger partial charge in [0.25, 0.3) is 0 Å². The third-order valence-electron chi connectivity index (χ3n) is 10.1. The van der Waals surface area contributed by atoms with Gasteiger partial charge in [0.15, 0.2) is 0 Å². The second-order valence-corrected chi connectivity index (χ2v) is 11.8. The molecule has 4 aliphatic carbocycles. The zero-order chi connectivity index (χ0) is 27.6. The summed E-state index contributed by atoms with van der Waals surface area (Å²) in [6.07, 6.45) is -2.42. The van der Waals surface area contributed by atoms with Crippen LogP contribution in [0.25, 0.3) is 0 Å². The molecule has 11 nitrogen and oxygen atoms in total. The topological polar surface area (TPSA) is 177 Å². The highest BCUT2D eigenvalue weighted by Gasteiger charge is 2.77. The molecular formula is C26H38O11. The van der Waals surface area contributed by atoms with Crippen LogP contribution >= 0.6 is 0 Å². The van der Waals surface area contributed by atoms with E-state index >= 15 is 0 Å². The van der Waals surface area contributed by atoms with Gasteiger partial charge in [0.05, 0.1) is 28.6 Å². The Balaban J connectivity index is 1.88. The monoisotopic (exact) mass is 526 g/mol. The van der Waals surface area contributed by atoms with Crippen LogP contribution in [0.5, 0.6) is 0 Å². The van der Waals surface area contributed by atoms with Crippen molar-refractivity contribution < 1.29 is 53.8 Å². The minimum Gasteiger partial charge on any atom is -0.481 e. The van der Waals surface area contributed by atoms with Crippen molar-refractivity contribution in [3.63, 3.8) is 0 Å². The molecule has 0 aromatic heterocycles. The fraction of sp³-hybridized carbons (Fsp3) is 0.846. The number of aliphatic hydroxyl groups is 3. The molecule has 0 radical (unpaired) electrons. The van der Waals surface area contributed by atoms with Gasteiger partial charge in [-0.15, -0.1) is 0 Å². The highest BCUT2D eigenvalue weighted by Crippen LogP contribution is 2.70. The summed E-state index contributed by atoms with van der Waals surface area (Å²) in [4.78, 5) is 48.1. The van der Waals surface area contributed by atoms with E-state index in [1.165, 1.54) is 20.8 Å². The number of rotatable bonds is 5. The van der Waals surface area contributed by atoms with Crippen molar-refractivity contribution in [2.75, 3.05) is 6.61 Å². The van der Waals surface area contributed by atoms with Crippen molar-refractivity contribution in [2.45, 2.75) is 102 Å². The Kier molecular flexibility index (Phi) is 6.91. The quantitative estimate of drug-likeness (QED) is 0.296.